The zero-order valence-corrected chi connectivity index (χ0v) is 14.4. The molecular weight excluding hydrogens is 336 g/mol. The van der Waals surface area contributed by atoms with Crippen LogP contribution >= 0.6 is 11.3 Å². The van der Waals surface area contributed by atoms with E-state index >= 15 is 0 Å². The third-order valence-electron chi connectivity index (χ3n) is 3.70. The van der Waals surface area contributed by atoms with Gasteiger partial charge in [-0.1, -0.05) is 0 Å². The first-order valence-corrected chi connectivity index (χ1v) is 8.49. The Morgan fingerprint density at radius 3 is 2.84 bits per heavy atom. The van der Waals surface area contributed by atoms with E-state index in [0.717, 1.165) is 16.1 Å². The maximum atomic E-state index is 12.6. The predicted molar refractivity (Wildman–Crippen MR) is 96.0 cm³/mol. The molecule has 4 aromatic heterocycles. The Balaban J connectivity index is 1.62. The number of nitrogens with one attached hydrogen (secondary N) is 1. The molecule has 0 saturated carbocycles. The summed E-state index contributed by atoms with van der Waals surface area (Å²) in [6.07, 6.45) is 4.98. The molecule has 124 valence electrons. The summed E-state index contributed by atoms with van der Waals surface area (Å²) >= 11 is 1.48. The molecule has 0 fully saturated rings. The Kier molecular flexibility index (Phi) is 3.73. The third-order valence-corrected chi connectivity index (χ3v) is 4.66. The van der Waals surface area contributed by atoms with Crippen LogP contribution in [0.15, 0.2) is 42.2 Å². The summed E-state index contributed by atoms with van der Waals surface area (Å²) in [5.74, 6) is 0.239. The van der Waals surface area contributed by atoms with Gasteiger partial charge in [0.15, 0.2) is 16.5 Å². The van der Waals surface area contributed by atoms with E-state index in [1.165, 1.54) is 17.5 Å². The van der Waals surface area contributed by atoms with Crippen LogP contribution in [0.25, 0.3) is 21.9 Å². The minimum atomic E-state index is -0.289. The smallest absolute Gasteiger partial charge is 0.267 e. The number of amides is 1. The molecule has 1 N–H and O–H groups in total. The van der Waals surface area contributed by atoms with Crippen LogP contribution in [0.1, 0.15) is 21.7 Å². The van der Waals surface area contributed by atoms with Crippen molar-refractivity contribution in [3.05, 3.63) is 59.1 Å². The molecule has 7 nitrogen and oxygen atoms in total. The minimum absolute atomic E-state index is 0.289. The molecule has 8 heteroatoms. The van der Waals surface area contributed by atoms with Crippen LogP contribution < -0.4 is 5.43 Å². The van der Waals surface area contributed by atoms with Gasteiger partial charge in [-0.2, -0.15) is 0 Å². The van der Waals surface area contributed by atoms with Crippen LogP contribution in [0, 0.1) is 13.8 Å². The second kappa shape index (κ2) is 6.06. The number of hydrogen-bond donors (Lipinski definition) is 1. The van der Waals surface area contributed by atoms with Gasteiger partial charge in [-0.25, -0.2) is 24.6 Å². The Hall–Kier alpha value is -3.13. The highest BCUT2D eigenvalue weighted by molar-refractivity contribution is 7.13. The number of pyridine rings is 1. The second-order valence-electron chi connectivity index (χ2n) is 5.53. The van der Waals surface area contributed by atoms with Crippen molar-refractivity contribution in [2.45, 2.75) is 13.8 Å². The van der Waals surface area contributed by atoms with E-state index in [9.17, 15) is 4.79 Å². The van der Waals surface area contributed by atoms with Gasteiger partial charge in [0, 0.05) is 35.1 Å². The van der Waals surface area contributed by atoms with Crippen molar-refractivity contribution in [3.8, 4) is 10.8 Å². The van der Waals surface area contributed by atoms with Crippen molar-refractivity contribution >= 4 is 28.3 Å². The summed E-state index contributed by atoms with van der Waals surface area (Å²) in [7, 11) is 0. The third kappa shape index (κ3) is 2.87. The summed E-state index contributed by atoms with van der Waals surface area (Å²) in [5.41, 5.74) is 5.43. The van der Waals surface area contributed by atoms with Gasteiger partial charge in [-0.3, -0.25) is 10.2 Å². The molecule has 4 aromatic rings. The Morgan fingerprint density at radius 2 is 2.08 bits per heavy atom. The molecule has 0 aliphatic heterocycles. The van der Waals surface area contributed by atoms with Crippen LogP contribution in [0.4, 0.5) is 0 Å². The van der Waals surface area contributed by atoms with Crippen molar-refractivity contribution in [2.75, 3.05) is 5.43 Å². The lowest BCUT2D eigenvalue weighted by molar-refractivity contribution is 0.101. The van der Waals surface area contributed by atoms with Gasteiger partial charge >= 0.3 is 0 Å². The van der Waals surface area contributed by atoms with Crippen LogP contribution in [0.2, 0.25) is 0 Å². The van der Waals surface area contributed by atoms with E-state index in [-0.39, 0.29) is 5.91 Å². The molecule has 0 unspecified atom stereocenters. The fourth-order valence-electron chi connectivity index (χ4n) is 2.48. The molecule has 0 aromatic carbocycles. The first-order valence-electron chi connectivity index (χ1n) is 7.61. The highest BCUT2D eigenvalue weighted by Crippen LogP contribution is 2.20. The zero-order chi connectivity index (χ0) is 17.4. The average Bonchev–Trinajstić information content (AvgIpc) is 3.21. The fraction of sp³-hybridized carbons (Fsp3) is 0.118. The van der Waals surface area contributed by atoms with E-state index in [0.29, 0.717) is 22.7 Å². The molecular formula is C17H14N6OS. The Bertz CT molecular complexity index is 1080. The monoisotopic (exact) mass is 350 g/mol. The lowest BCUT2D eigenvalue weighted by Gasteiger charge is -2.09. The molecule has 4 heterocycles. The molecule has 0 bridgehead atoms. The van der Waals surface area contributed by atoms with E-state index < -0.39 is 0 Å². The first-order chi connectivity index (χ1) is 12.1. The maximum Gasteiger partial charge on any atom is 0.273 e. The number of nitrogens with zero attached hydrogens (tertiary/aromatic N) is 5. The van der Waals surface area contributed by atoms with Crippen LogP contribution in [0.3, 0.4) is 0 Å². The number of rotatable bonds is 3. The molecule has 4 rings (SSSR count). The molecule has 0 atom stereocenters. The standard InChI is InChI=1S/C17H14N6OS/c1-10-9-25-17(20-10)14-19-8-13(11(2)21-14)16(24)22-23-7-5-12-4-3-6-18-15(12)23/h3-9H,1-2H3,(H,22,24). The van der Waals surface area contributed by atoms with Crippen LogP contribution in [-0.4, -0.2) is 30.5 Å². The maximum absolute atomic E-state index is 12.6. The molecule has 25 heavy (non-hydrogen) atoms. The summed E-state index contributed by atoms with van der Waals surface area (Å²) in [4.78, 5) is 29.9. The number of carbonyl (C=O) groups excluding carboxylic acids is 1. The van der Waals surface area contributed by atoms with Gasteiger partial charge in [0.25, 0.3) is 5.91 Å². The van der Waals surface area contributed by atoms with E-state index in [1.807, 2.05) is 30.5 Å². The number of fused-ring (bicyclic) bond motifs is 1. The van der Waals surface area contributed by atoms with Gasteiger partial charge < -0.3 is 0 Å². The highest BCUT2D eigenvalue weighted by Gasteiger charge is 2.15. The van der Waals surface area contributed by atoms with Crippen molar-refractivity contribution in [3.63, 3.8) is 0 Å². The summed E-state index contributed by atoms with van der Waals surface area (Å²) in [5, 5.41) is 3.64. The molecule has 0 aliphatic rings. The van der Waals surface area contributed by atoms with Gasteiger partial charge in [0.05, 0.1) is 11.3 Å². The van der Waals surface area contributed by atoms with Crippen molar-refractivity contribution < 1.29 is 4.79 Å². The quantitative estimate of drug-likeness (QED) is 0.614. The highest BCUT2D eigenvalue weighted by atomic mass is 32.1. The summed E-state index contributed by atoms with van der Waals surface area (Å²) in [6, 6.07) is 5.68. The topological polar surface area (TPSA) is 85.6 Å². The fourth-order valence-corrected chi connectivity index (χ4v) is 3.21. The van der Waals surface area contributed by atoms with Gasteiger partial charge in [0.1, 0.15) is 0 Å². The SMILES string of the molecule is Cc1csc(-c2ncc(C(=O)Nn3ccc4cccnc43)c(C)n2)n1. The largest absolute Gasteiger partial charge is 0.273 e. The van der Waals surface area contributed by atoms with Crippen molar-refractivity contribution in [2.24, 2.45) is 0 Å². The zero-order valence-electron chi connectivity index (χ0n) is 13.6. The number of hydrogen-bond acceptors (Lipinski definition) is 6. The normalized spacial score (nSPS) is 11.0. The van der Waals surface area contributed by atoms with Crippen molar-refractivity contribution in [1.29, 1.82) is 0 Å². The molecule has 1 amide bonds. The first kappa shape index (κ1) is 15.4. The Morgan fingerprint density at radius 1 is 1.20 bits per heavy atom. The summed E-state index contributed by atoms with van der Waals surface area (Å²) < 4.78 is 1.59. The number of thiazole rings is 1. The lowest BCUT2D eigenvalue weighted by Crippen LogP contribution is -2.23. The van der Waals surface area contributed by atoms with E-state index in [2.05, 4.69) is 25.4 Å². The number of aryl methyl sites for hydroxylation is 2. The lowest BCUT2D eigenvalue weighted by atomic mass is 10.2. The predicted octanol–water partition coefficient (Wildman–Crippen LogP) is 2.95. The van der Waals surface area contributed by atoms with E-state index in [4.69, 9.17) is 0 Å². The molecule has 0 saturated heterocycles. The van der Waals surface area contributed by atoms with E-state index in [1.54, 1.807) is 24.0 Å². The molecule has 0 spiro atoms. The molecule has 0 aliphatic carbocycles. The number of carbonyl (C=O) groups is 1. The Labute approximate surface area is 147 Å². The summed E-state index contributed by atoms with van der Waals surface area (Å²) in [6.45, 7) is 3.71. The average molecular weight is 350 g/mol. The van der Waals surface area contributed by atoms with Crippen LogP contribution in [-0.2, 0) is 0 Å². The van der Waals surface area contributed by atoms with Gasteiger partial charge in [-0.05, 0) is 32.0 Å². The van der Waals surface area contributed by atoms with Crippen LogP contribution in [0.5, 0.6) is 0 Å². The van der Waals surface area contributed by atoms with Gasteiger partial charge in [0.2, 0.25) is 0 Å². The van der Waals surface area contributed by atoms with Crippen molar-refractivity contribution in [1.82, 2.24) is 24.6 Å². The minimum Gasteiger partial charge on any atom is -0.267 e. The van der Waals surface area contributed by atoms with Gasteiger partial charge in [-0.15, -0.1) is 11.3 Å². The molecule has 0 radical (unpaired) electrons. The second-order valence-corrected chi connectivity index (χ2v) is 6.39. The number of aromatic nitrogens is 5.